The van der Waals surface area contributed by atoms with Gasteiger partial charge in [-0.1, -0.05) is 19.3 Å². The Kier molecular flexibility index (Phi) is 2.03. The fourth-order valence-electron chi connectivity index (χ4n) is 3.58. The van der Waals surface area contributed by atoms with E-state index in [1.165, 1.54) is 44.9 Å². The third-order valence-electron chi connectivity index (χ3n) is 4.41. The summed E-state index contributed by atoms with van der Waals surface area (Å²) in [6.07, 6.45) is 9.04. The summed E-state index contributed by atoms with van der Waals surface area (Å²) >= 11 is 0. The smallest absolute Gasteiger partial charge is 0.223 e. The first-order valence-corrected chi connectivity index (χ1v) is 6.16. The molecule has 0 bridgehead atoms. The van der Waals surface area contributed by atoms with Gasteiger partial charge in [0.05, 0.1) is 0 Å². The van der Waals surface area contributed by atoms with Crippen LogP contribution in [0, 0.1) is 17.8 Å². The van der Waals surface area contributed by atoms with Gasteiger partial charge in [-0.25, -0.2) is 0 Å². The number of carbonyl (C=O) groups is 1. The molecular weight excluding hydrogens is 174 g/mol. The van der Waals surface area contributed by atoms with Crippen molar-refractivity contribution in [3.05, 3.63) is 0 Å². The molecule has 0 heterocycles. The standard InChI is InChI=1S/C12H19NO/c14-12(13-8-4-1-2-5-8)11-9-6-3-7-10(9)11/h8-11H,1-7H2,(H,13,14). The number of hydrogen-bond donors (Lipinski definition) is 1. The first-order chi connectivity index (χ1) is 6.86. The quantitative estimate of drug-likeness (QED) is 0.715. The van der Waals surface area contributed by atoms with Gasteiger partial charge in [0.2, 0.25) is 5.91 Å². The third-order valence-corrected chi connectivity index (χ3v) is 4.41. The van der Waals surface area contributed by atoms with Crippen molar-refractivity contribution < 1.29 is 4.79 Å². The highest BCUT2D eigenvalue weighted by molar-refractivity contribution is 5.82. The maximum Gasteiger partial charge on any atom is 0.223 e. The Morgan fingerprint density at radius 3 is 2.21 bits per heavy atom. The fraction of sp³-hybridized carbons (Fsp3) is 0.917. The monoisotopic (exact) mass is 193 g/mol. The van der Waals surface area contributed by atoms with Crippen molar-refractivity contribution in [2.45, 2.75) is 51.0 Å². The first kappa shape index (κ1) is 8.75. The topological polar surface area (TPSA) is 29.1 Å². The molecule has 3 rings (SSSR count). The molecule has 1 amide bonds. The Hall–Kier alpha value is -0.530. The van der Waals surface area contributed by atoms with E-state index in [1.807, 2.05) is 0 Å². The van der Waals surface area contributed by atoms with Crippen LogP contribution in [0.1, 0.15) is 44.9 Å². The number of carbonyl (C=O) groups excluding carboxylic acids is 1. The second-order valence-electron chi connectivity index (χ2n) is 5.27. The molecule has 0 aromatic heterocycles. The van der Waals surface area contributed by atoms with Gasteiger partial charge in [-0.15, -0.1) is 0 Å². The summed E-state index contributed by atoms with van der Waals surface area (Å²) in [5.74, 6) is 2.35. The van der Waals surface area contributed by atoms with Crippen LogP contribution in [0.5, 0.6) is 0 Å². The Bertz CT molecular complexity index is 235. The van der Waals surface area contributed by atoms with E-state index in [2.05, 4.69) is 5.32 Å². The normalized spacial score (nSPS) is 41.0. The van der Waals surface area contributed by atoms with E-state index in [0.29, 0.717) is 17.9 Å². The van der Waals surface area contributed by atoms with E-state index >= 15 is 0 Å². The van der Waals surface area contributed by atoms with Crippen LogP contribution < -0.4 is 5.32 Å². The molecule has 2 nitrogen and oxygen atoms in total. The molecule has 0 aromatic carbocycles. The van der Waals surface area contributed by atoms with Gasteiger partial charge in [0.15, 0.2) is 0 Å². The summed E-state index contributed by atoms with van der Waals surface area (Å²) in [6, 6.07) is 0.517. The van der Waals surface area contributed by atoms with Crippen LogP contribution in [0.2, 0.25) is 0 Å². The highest BCUT2D eigenvalue weighted by atomic mass is 16.2. The molecule has 3 fully saturated rings. The SMILES string of the molecule is O=C(NC1CCCC1)C1C2CCCC21. The average Bonchev–Trinajstić information content (AvgIpc) is 2.63. The summed E-state index contributed by atoms with van der Waals surface area (Å²) in [5.41, 5.74) is 0. The van der Waals surface area contributed by atoms with Crippen LogP contribution in [0.25, 0.3) is 0 Å². The Balaban J connectivity index is 1.51. The maximum absolute atomic E-state index is 11.9. The molecular formula is C12H19NO. The van der Waals surface area contributed by atoms with E-state index in [-0.39, 0.29) is 0 Å². The highest BCUT2D eigenvalue weighted by Crippen LogP contribution is 2.57. The Labute approximate surface area is 85.4 Å². The Morgan fingerprint density at radius 2 is 1.57 bits per heavy atom. The van der Waals surface area contributed by atoms with Gasteiger partial charge >= 0.3 is 0 Å². The fourth-order valence-corrected chi connectivity index (χ4v) is 3.58. The molecule has 1 N–H and O–H groups in total. The lowest BCUT2D eigenvalue weighted by Crippen LogP contribution is -2.34. The van der Waals surface area contributed by atoms with Crippen LogP contribution >= 0.6 is 0 Å². The van der Waals surface area contributed by atoms with Crippen molar-refractivity contribution in [3.63, 3.8) is 0 Å². The van der Waals surface area contributed by atoms with Crippen molar-refractivity contribution in [3.8, 4) is 0 Å². The second-order valence-corrected chi connectivity index (χ2v) is 5.27. The molecule has 2 heteroatoms. The van der Waals surface area contributed by atoms with Crippen LogP contribution in [0.3, 0.4) is 0 Å². The van der Waals surface area contributed by atoms with E-state index in [1.54, 1.807) is 0 Å². The largest absolute Gasteiger partial charge is 0.353 e. The summed E-state index contributed by atoms with van der Waals surface area (Å²) in [5, 5.41) is 3.23. The van der Waals surface area contributed by atoms with Crippen molar-refractivity contribution in [1.29, 1.82) is 0 Å². The van der Waals surface area contributed by atoms with Gasteiger partial charge in [0.1, 0.15) is 0 Å². The van der Waals surface area contributed by atoms with E-state index in [4.69, 9.17) is 0 Å². The molecule has 78 valence electrons. The number of hydrogen-bond acceptors (Lipinski definition) is 1. The van der Waals surface area contributed by atoms with Crippen LogP contribution in [0.4, 0.5) is 0 Å². The molecule has 2 atom stereocenters. The van der Waals surface area contributed by atoms with Crippen LogP contribution in [-0.2, 0) is 4.79 Å². The highest BCUT2D eigenvalue weighted by Gasteiger charge is 2.56. The van der Waals surface area contributed by atoms with E-state index in [0.717, 1.165) is 11.8 Å². The molecule has 0 spiro atoms. The molecule has 0 radical (unpaired) electrons. The minimum absolute atomic E-state index is 0.381. The van der Waals surface area contributed by atoms with Crippen molar-refractivity contribution in [2.75, 3.05) is 0 Å². The lowest BCUT2D eigenvalue weighted by atomic mass is 10.1. The summed E-state index contributed by atoms with van der Waals surface area (Å²) in [6.45, 7) is 0. The molecule has 0 saturated heterocycles. The van der Waals surface area contributed by atoms with Crippen LogP contribution in [-0.4, -0.2) is 11.9 Å². The predicted octanol–water partition coefficient (Wildman–Crippen LogP) is 2.09. The number of amides is 1. The van der Waals surface area contributed by atoms with Crippen LogP contribution in [0.15, 0.2) is 0 Å². The van der Waals surface area contributed by atoms with Crippen molar-refractivity contribution >= 4 is 5.91 Å². The minimum atomic E-state index is 0.381. The zero-order chi connectivity index (χ0) is 9.54. The molecule has 2 unspecified atom stereocenters. The zero-order valence-electron chi connectivity index (χ0n) is 8.67. The third kappa shape index (κ3) is 1.35. The molecule has 3 aliphatic carbocycles. The summed E-state index contributed by atoms with van der Waals surface area (Å²) < 4.78 is 0. The molecule has 3 saturated carbocycles. The second kappa shape index (κ2) is 3.25. The van der Waals surface area contributed by atoms with E-state index in [9.17, 15) is 4.79 Å². The number of rotatable bonds is 2. The molecule has 14 heavy (non-hydrogen) atoms. The van der Waals surface area contributed by atoms with Gasteiger partial charge < -0.3 is 5.32 Å². The maximum atomic E-state index is 11.9. The summed E-state index contributed by atoms with van der Waals surface area (Å²) in [4.78, 5) is 11.9. The lowest BCUT2D eigenvalue weighted by molar-refractivity contribution is -0.123. The van der Waals surface area contributed by atoms with Gasteiger partial charge in [-0.3, -0.25) is 4.79 Å². The zero-order valence-corrected chi connectivity index (χ0v) is 8.67. The average molecular weight is 193 g/mol. The van der Waals surface area contributed by atoms with E-state index < -0.39 is 0 Å². The summed E-state index contributed by atoms with van der Waals surface area (Å²) in [7, 11) is 0. The van der Waals surface area contributed by atoms with Gasteiger partial charge in [-0.2, -0.15) is 0 Å². The first-order valence-electron chi connectivity index (χ1n) is 6.16. The molecule has 3 aliphatic rings. The molecule has 0 aromatic rings. The van der Waals surface area contributed by atoms with Crippen molar-refractivity contribution in [1.82, 2.24) is 5.32 Å². The number of fused-ring (bicyclic) bond motifs is 1. The van der Waals surface area contributed by atoms with Gasteiger partial charge in [0, 0.05) is 12.0 Å². The van der Waals surface area contributed by atoms with Crippen molar-refractivity contribution in [2.24, 2.45) is 17.8 Å². The Morgan fingerprint density at radius 1 is 0.929 bits per heavy atom. The van der Waals surface area contributed by atoms with Gasteiger partial charge in [-0.05, 0) is 37.5 Å². The molecule has 0 aliphatic heterocycles. The van der Waals surface area contributed by atoms with Gasteiger partial charge in [0.25, 0.3) is 0 Å². The predicted molar refractivity (Wildman–Crippen MR) is 54.7 cm³/mol. The minimum Gasteiger partial charge on any atom is -0.353 e. The lowest BCUT2D eigenvalue weighted by Gasteiger charge is -2.12. The number of nitrogens with one attached hydrogen (secondary N) is 1.